The maximum Gasteiger partial charge on any atom is 0.265 e. The number of ether oxygens (including phenoxy) is 3. The van der Waals surface area contributed by atoms with E-state index in [0.29, 0.717) is 30.3 Å². The molecule has 0 aliphatic carbocycles. The van der Waals surface area contributed by atoms with E-state index in [1.165, 1.54) is 0 Å². The van der Waals surface area contributed by atoms with Gasteiger partial charge in [0, 0.05) is 12.2 Å². The topological polar surface area (TPSA) is 77.1 Å². The number of anilines is 1. The van der Waals surface area contributed by atoms with Gasteiger partial charge in [0.05, 0.1) is 13.0 Å². The fourth-order valence-corrected chi connectivity index (χ4v) is 4.12. The third-order valence-electron chi connectivity index (χ3n) is 6.13. The summed E-state index contributed by atoms with van der Waals surface area (Å²) in [7, 11) is 0. The van der Waals surface area contributed by atoms with E-state index in [2.05, 4.69) is 5.32 Å². The molecule has 5 rings (SSSR count). The summed E-state index contributed by atoms with van der Waals surface area (Å²) in [4.78, 5) is 27.5. The Balaban J connectivity index is 1.21. The Kier molecular flexibility index (Phi) is 7.84. The molecule has 0 radical (unpaired) electrons. The van der Waals surface area contributed by atoms with Crippen molar-refractivity contribution < 1.29 is 23.8 Å². The fraction of sp³-hybridized carbons (Fsp3) is 0.161. The summed E-state index contributed by atoms with van der Waals surface area (Å²) >= 11 is 0. The van der Waals surface area contributed by atoms with Gasteiger partial charge in [-0.05, 0) is 53.1 Å². The number of hydrogen-bond acceptors (Lipinski definition) is 5. The highest BCUT2D eigenvalue weighted by Gasteiger charge is 2.18. The molecule has 38 heavy (non-hydrogen) atoms. The first-order chi connectivity index (χ1) is 18.6. The quantitative estimate of drug-likeness (QED) is 0.330. The lowest BCUT2D eigenvalue weighted by Crippen LogP contribution is -2.34. The van der Waals surface area contributed by atoms with Crippen LogP contribution in [0.1, 0.15) is 16.7 Å². The molecule has 0 aromatic heterocycles. The first kappa shape index (κ1) is 24.9. The Morgan fingerprint density at radius 2 is 1.45 bits per heavy atom. The van der Waals surface area contributed by atoms with Crippen molar-refractivity contribution in [1.82, 2.24) is 5.32 Å². The average molecular weight is 509 g/mol. The van der Waals surface area contributed by atoms with Gasteiger partial charge in [0.2, 0.25) is 12.7 Å². The molecule has 0 atom stereocenters. The largest absolute Gasteiger partial charge is 0.484 e. The maximum atomic E-state index is 13.2. The molecule has 4 aromatic rings. The van der Waals surface area contributed by atoms with Crippen molar-refractivity contribution in [2.45, 2.75) is 19.5 Å². The summed E-state index contributed by atoms with van der Waals surface area (Å²) in [6, 6.07) is 32.2. The molecule has 0 unspecified atom stereocenters. The lowest BCUT2D eigenvalue weighted by atomic mass is 10.1. The van der Waals surface area contributed by atoms with Crippen LogP contribution in [0.25, 0.3) is 0 Å². The summed E-state index contributed by atoms with van der Waals surface area (Å²) in [5, 5.41) is 2.94. The van der Waals surface area contributed by atoms with Gasteiger partial charge in [-0.25, -0.2) is 0 Å². The van der Waals surface area contributed by atoms with Gasteiger partial charge < -0.3 is 24.4 Å². The van der Waals surface area contributed by atoms with Crippen LogP contribution in [0.4, 0.5) is 5.69 Å². The Labute approximate surface area is 221 Å². The Bertz CT molecular complexity index is 1370. The van der Waals surface area contributed by atoms with Crippen LogP contribution in [0.15, 0.2) is 103 Å². The molecule has 0 spiro atoms. The van der Waals surface area contributed by atoms with Crippen LogP contribution in [0.5, 0.6) is 17.2 Å². The van der Waals surface area contributed by atoms with Gasteiger partial charge >= 0.3 is 0 Å². The van der Waals surface area contributed by atoms with Crippen LogP contribution in [0.3, 0.4) is 0 Å². The molecule has 0 bridgehead atoms. The first-order valence-corrected chi connectivity index (χ1v) is 12.4. The minimum atomic E-state index is -0.160. The molecule has 1 heterocycles. The van der Waals surface area contributed by atoms with Crippen molar-refractivity contribution in [3.05, 3.63) is 120 Å². The number of para-hydroxylation sites is 1. The van der Waals surface area contributed by atoms with Gasteiger partial charge in [0.1, 0.15) is 5.75 Å². The van der Waals surface area contributed by atoms with E-state index < -0.39 is 0 Å². The smallest absolute Gasteiger partial charge is 0.265 e. The van der Waals surface area contributed by atoms with Crippen LogP contribution < -0.4 is 24.4 Å². The predicted octanol–water partition coefficient (Wildman–Crippen LogP) is 4.89. The molecule has 2 amide bonds. The van der Waals surface area contributed by atoms with Crippen LogP contribution in [-0.2, 0) is 29.1 Å². The Morgan fingerprint density at radius 3 is 2.21 bits per heavy atom. The van der Waals surface area contributed by atoms with Gasteiger partial charge in [0.15, 0.2) is 18.1 Å². The number of fused-ring (bicyclic) bond motifs is 1. The molecule has 1 aliphatic rings. The van der Waals surface area contributed by atoms with E-state index in [1.807, 2.05) is 103 Å². The molecule has 0 saturated carbocycles. The molecule has 7 nitrogen and oxygen atoms in total. The molecule has 1 N–H and O–H groups in total. The van der Waals surface area contributed by atoms with Crippen LogP contribution in [-0.4, -0.2) is 25.2 Å². The van der Waals surface area contributed by atoms with Crippen molar-refractivity contribution in [1.29, 1.82) is 0 Å². The average Bonchev–Trinajstić information content (AvgIpc) is 3.43. The number of nitrogens with one attached hydrogen (secondary N) is 1. The van der Waals surface area contributed by atoms with Gasteiger partial charge in [-0.3, -0.25) is 9.59 Å². The second-order valence-electron chi connectivity index (χ2n) is 8.87. The van der Waals surface area contributed by atoms with Gasteiger partial charge in [-0.15, -0.1) is 0 Å². The number of carbonyl (C=O) groups is 2. The number of benzene rings is 4. The molecule has 4 aromatic carbocycles. The van der Waals surface area contributed by atoms with E-state index in [-0.39, 0.29) is 31.6 Å². The van der Waals surface area contributed by atoms with Gasteiger partial charge in [0.25, 0.3) is 5.91 Å². The van der Waals surface area contributed by atoms with Crippen molar-refractivity contribution in [3.63, 3.8) is 0 Å². The summed E-state index contributed by atoms with van der Waals surface area (Å²) in [6.07, 6.45) is 0.231. The van der Waals surface area contributed by atoms with E-state index in [9.17, 15) is 9.59 Å². The summed E-state index contributed by atoms with van der Waals surface area (Å²) in [6.45, 7) is 0.942. The van der Waals surface area contributed by atoms with E-state index >= 15 is 0 Å². The number of amides is 2. The second-order valence-corrected chi connectivity index (χ2v) is 8.87. The van der Waals surface area contributed by atoms with E-state index in [4.69, 9.17) is 14.2 Å². The zero-order valence-corrected chi connectivity index (χ0v) is 20.8. The third kappa shape index (κ3) is 6.50. The minimum Gasteiger partial charge on any atom is -0.484 e. The highest BCUT2D eigenvalue weighted by atomic mass is 16.7. The van der Waals surface area contributed by atoms with E-state index in [1.54, 1.807) is 4.90 Å². The van der Waals surface area contributed by atoms with Crippen molar-refractivity contribution in [2.24, 2.45) is 0 Å². The van der Waals surface area contributed by atoms with Crippen molar-refractivity contribution in [3.8, 4) is 17.2 Å². The SMILES string of the molecule is O=C(Cc1ccc(N(Cc2ccccc2)C(=O)COc2ccccc2)cc1)NCc1ccc2c(c1)OCO2. The molecule has 0 saturated heterocycles. The van der Waals surface area contributed by atoms with E-state index in [0.717, 1.165) is 22.4 Å². The molecule has 192 valence electrons. The minimum absolute atomic E-state index is 0.0825. The van der Waals surface area contributed by atoms with Gasteiger partial charge in [-0.1, -0.05) is 66.7 Å². The number of rotatable bonds is 10. The lowest BCUT2D eigenvalue weighted by molar-refractivity contribution is -0.121. The maximum absolute atomic E-state index is 13.2. The number of nitrogens with zero attached hydrogens (tertiary/aromatic N) is 1. The Hall–Kier alpha value is -4.78. The molecular weight excluding hydrogens is 480 g/mol. The fourth-order valence-electron chi connectivity index (χ4n) is 4.12. The lowest BCUT2D eigenvalue weighted by Gasteiger charge is -2.23. The third-order valence-corrected chi connectivity index (χ3v) is 6.13. The van der Waals surface area contributed by atoms with Crippen molar-refractivity contribution in [2.75, 3.05) is 18.3 Å². The number of hydrogen-bond donors (Lipinski definition) is 1. The summed E-state index contributed by atoms with van der Waals surface area (Å²) < 4.78 is 16.4. The molecule has 0 fully saturated rings. The van der Waals surface area contributed by atoms with Crippen LogP contribution >= 0.6 is 0 Å². The zero-order valence-electron chi connectivity index (χ0n) is 20.8. The first-order valence-electron chi connectivity index (χ1n) is 12.4. The monoisotopic (exact) mass is 508 g/mol. The second kappa shape index (κ2) is 12.0. The number of carbonyl (C=O) groups excluding carboxylic acids is 2. The van der Waals surface area contributed by atoms with Crippen molar-refractivity contribution >= 4 is 17.5 Å². The van der Waals surface area contributed by atoms with Crippen LogP contribution in [0, 0.1) is 0 Å². The molecular formula is C31H28N2O5. The standard InChI is InChI=1S/C31H28N2O5/c34-30(32-19-25-13-16-28-29(17-25)38-22-37-28)18-23-11-14-26(15-12-23)33(20-24-7-3-1-4-8-24)31(35)21-36-27-9-5-2-6-10-27/h1-17H,18-22H2,(H,32,34). The Morgan fingerprint density at radius 1 is 0.763 bits per heavy atom. The zero-order chi connectivity index (χ0) is 26.2. The predicted molar refractivity (Wildman–Crippen MR) is 144 cm³/mol. The summed E-state index contributed by atoms with van der Waals surface area (Å²) in [5.74, 6) is 1.79. The van der Waals surface area contributed by atoms with Crippen LogP contribution in [0.2, 0.25) is 0 Å². The molecule has 7 heteroatoms. The normalized spacial score (nSPS) is 11.6. The molecule has 1 aliphatic heterocycles. The summed E-state index contributed by atoms with van der Waals surface area (Å²) in [5.41, 5.74) is 3.53. The highest BCUT2D eigenvalue weighted by Crippen LogP contribution is 2.32. The highest BCUT2D eigenvalue weighted by molar-refractivity contribution is 5.94. The van der Waals surface area contributed by atoms with Gasteiger partial charge in [-0.2, -0.15) is 0 Å².